The molecule has 0 unspecified atom stereocenters. The number of hydrogen-bond acceptors (Lipinski definition) is 2. The first-order chi connectivity index (χ1) is 9.68. The lowest BCUT2D eigenvalue weighted by Crippen LogP contribution is -2.11. The Bertz CT molecular complexity index is 612. The first-order valence-electron chi connectivity index (χ1n) is 7.25. The van der Waals surface area contributed by atoms with Crippen molar-refractivity contribution in [3.63, 3.8) is 0 Å². The van der Waals surface area contributed by atoms with Crippen LogP contribution >= 0.6 is 0 Å². The van der Waals surface area contributed by atoms with Crippen molar-refractivity contribution in [3.8, 4) is 11.3 Å². The Morgan fingerprint density at radius 1 is 1.20 bits per heavy atom. The minimum absolute atomic E-state index is 0.271. The summed E-state index contributed by atoms with van der Waals surface area (Å²) in [6.45, 7) is 0. The summed E-state index contributed by atoms with van der Waals surface area (Å²) in [5.41, 5.74) is 7.21. The molecule has 0 amide bonds. The Hall–Kier alpha value is -1.84. The number of rotatable bonds is 2. The molecule has 3 nitrogen and oxygen atoms in total. The van der Waals surface area contributed by atoms with Crippen LogP contribution in [0.3, 0.4) is 0 Å². The van der Waals surface area contributed by atoms with Crippen LogP contribution in [-0.4, -0.2) is 9.55 Å². The molecule has 0 bridgehead atoms. The summed E-state index contributed by atoms with van der Waals surface area (Å²) in [5.74, 6) is 1.74. The lowest BCUT2D eigenvalue weighted by Gasteiger charge is -2.21. The number of aromatic nitrogens is 2. The van der Waals surface area contributed by atoms with Crippen LogP contribution in [0.1, 0.15) is 43.8 Å². The van der Waals surface area contributed by atoms with E-state index in [9.17, 15) is 4.39 Å². The molecule has 0 spiro atoms. The van der Waals surface area contributed by atoms with Gasteiger partial charge in [0.05, 0.1) is 0 Å². The second kappa shape index (κ2) is 5.27. The highest BCUT2D eigenvalue weighted by molar-refractivity contribution is 5.71. The van der Waals surface area contributed by atoms with E-state index in [-0.39, 0.29) is 5.82 Å². The van der Waals surface area contributed by atoms with Crippen molar-refractivity contribution in [1.29, 1.82) is 0 Å². The Morgan fingerprint density at radius 3 is 2.60 bits per heavy atom. The van der Waals surface area contributed by atoms with Gasteiger partial charge in [-0.05, 0) is 25.0 Å². The molecule has 1 aromatic heterocycles. The molecular formula is C16H20FN3. The van der Waals surface area contributed by atoms with Crippen molar-refractivity contribution >= 4 is 5.82 Å². The van der Waals surface area contributed by atoms with Gasteiger partial charge >= 0.3 is 0 Å². The molecule has 0 saturated heterocycles. The quantitative estimate of drug-likeness (QED) is 0.903. The van der Waals surface area contributed by atoms with Crippen LogP contribution in [0.5, 0.6) is 0 Å². The largest absolute Gasteiger partial charge is 0.383 e. The number of benzene rings is 1. The van der Waals surface area contributed by atoms with Gasteiger partial charge in [-0.25, -0.2) is 9.37 Å². The zero-order chi connectivity index (χ0) is 14.1. The van der Waals surface area contributed by atoms with Gasteiger partial charge in [-0.1, -0.05) is 31.4 Å². The van der Waals surface area contributed by atoms with E-state index in [1.165, 1.54) is 25.3 Å². The maximum atomic E-state index is 13.9. The van der Waals surface area contributed by atoms with Crippen molar-refractivity contribution in [1.82, 2.24) is 9.55 Å². The van der Waals surface area contributed by atoms with Gasteiger partial charge in [0.25, 0.3) is 0 Å². The van der Waals surface area contributed by atoms with Crippen LogP contribution in [0.4, 0.5) is 10.2 Å². The van der Waals surface area contributed by atoms with Crippen LogP contribution in [0.2, 0.25) is 0 Å². The SMILES string of the molecule is Cn1c(C2CCCCC2)nc(-c2ccccc2F)c1N. The van der Waals surface area contributed by atoms with Crippen LogP contribution < -0.4 is 5.73 Å². The summed E-state index contributed by atoms with van der Waals surface area (Å²) >= 11 is 0. The van der Waals surface area contributed by atoms with Crippen molar-refractivity contribution < 1.29 is 4.39 Å². The topological polar surface area (TPSA) is 43.8 Å². The van der Waals surface area contributed by atoms with Gasteiger partial charge in [0.15, 0.2) is 0 Å². The molecule has 3 rings (SSSR count). The second-order valence-corrected chi connectivity index (χ2v) is 5.58. The fourth-order valence-electron chi connectivity index (χ4n) is 3.11. The summed E-state index contributed by atoms with van der Waals surface area (Å²) in [5, 5.41) is 0. The highest BCUT2D eigenvalue weighted by atomic mass is 19.1. The number of nitrogen functional groups attached to an aromatic ring is 1. The summed E-state index contributed by atoms with van der Waals surface area (Å²) in [4.78, 5) is 4.66. The first kappa shape index (κ1) is 13.2. The van der Waals surface area contributed by atoms with E-state index >= 15 is 0 Å². The molecule has 1 fully saturated rings. The molecule has 0 aliphatic heterocycles. The molecule has 106 valence electrons. The third kappa shape index (κ3) is 2.19. The number of halogens is 1. The Labute approximate surface area is 118 Å². The van der Waals surface area contributed by atoms with Gasteiger partial charge in [-0.15, -0.1) is 0 Å². The third-order valence-electron chi connectivity index (χ3n) is 4.27. The molecule has 4 heteroatoms. The maximum Gasteiger partial charge on any atom is 0.132 e. The predicted molar refractivity (Wildman–Crippen MR) is 78.8 cm³/mol. The zero-order valence-corrected chi connectivity index (χ0v) is 11.8. The molecule has 1 aromatic carbocycles. The van der Waals surface area contributed by atoms with Gasteiger partial charge < -0.3 is 10.3 Å². The van der Waals surface area contributed by atoms with Gasteiger partial charge in [0, 0.05) is 18.5 Å². The van der Waals surface area contributed by atoms with Crippen LogP contribution in [0.25, 0.3) is 11.3 Å². The Balaban J connectivity index is 2.03. The van der Waals surface area contributed by atoms with Gasteiger partial charge in [0.1, 0.15) is 23.2 Å². The Morgan fingerprint density at radius 2 is 1.90 bits per heavy atom. The molecule has 1 aliphatic rings. The highest BCUT2D eigenvalue weighted by Gasteiger charge is 2.24. The summed E-state index contributed by atoms with van der Waals surface area (Å²) in [6, 6.07) is 6.68. The maximum absolute atomic E-state index is 13.9. The zero-order valence-electron chi connectivity index (χ0n) is 11.8. The van der Waals surface area contributed by atoms with Crippen molar-refractivity contribution in [2.24, 2.45) is 7.05 Å². The van der Waals surface area contributed by atoms with Crippen LogP contribution in [-0.2, 0) is 7.05 Å². The molecule has 2 N–H and O–H groups in total. The molecule has 1 heterocycles. The van der Waals surface area contributed by atoms with Gasteiger partial charge in [0.2, 0.25) is 0 Å². The average Bonchev–Trinajstić information content (AvgIpc) is 2.77. The molecule has 2 aromatic rings. The summed E-state index contributed by atoms with van der Waals surface area (Å²) in [7, 11) is 1.93. The fraction of sp³-hybridized carbons (Fsp3) is 0.438. The highest BCUT2D eigenvalue weighted by Crippen LogP contribution is 2.36. The second-order valence-electron chi connectivity index (χ2n) is 5.58. The summed E-state index contributed by atoms with van der Waals surface area (Å²) < 4.78 is 15.9. The van der Waals surface area contributed by atoms with E-state index in [0.29, 0.717) is 23.0 Å². The van der Waals surface area contributed by atoms with E-state index in [1.807, 2.05) is 17.7 Å². The van der Waals surface area contributed by atoms with Crippen molar-refractivity contribution in [3.05, 3.63) is 35.9 Å². The molecular weight excluding hydrogens is 253 g/mol. The van der Waals surface area contributed by atoms with E-state index in [2.05, 4.69) is 4.98 Å². The monoisotopic (exact) mass is 273 g/mol. The van der Waals surface area contributed by atoms with Gasteiger partial charge in [-0.3, -0.25) is 0 Å². The molecule has 20 heavy (non-hydrogen) atoms. The molecule has 1 saturated carbocycles. The molecule has 0 radical (unpaired) electrons. The normalized spacial score (nSPS) is 16.5. The first-order valence-corrected chi connectivity index (χ1v) is 7.25. The van der Waals surface area contributed by atoms with E-state index in [0.717, 1.165) is 18.7 Å². The van der Waals surface area contributed by atoms with Crippen LogP contribution in [0, 0.1) is 5.82 Å². The minimum atomic E-state index is -0.271. The predicted octanol–water partition coefficient (Wildman–Crippen LogP) is 3.86. The Kier molecular flexibility index (Phi) is 3.47. The van der Waals surface area contributed by atoms with E-state index in [1.54, 1.807) is 12.1 Å². The number of nitrogens with zero attached hydrogens (tertiary/aromatic N) is 2. The van der Waals surface area contributed by atoms with Crippen molar-refractivity contribution in [2.45, 2.75) is 38.0 Å². The van der Waals surface area contributed by atoms with E-state index < -0.39 is 0 Å². The minimum Gasteiger partial charge on any atom is -0.383 e. The third-order valence-corrected chi connectivity index (χ3v) is 4.27. The average molecular weight is 273 g/mol. The number of nitrogens with two attached hydrogens (primary N) is 1. The molecule has 1 aliphatic carbocycles. The smallest absolute Gasteiger partial charge is 0.132 e. The fourth-order valence-corrected chi connectivity index (χ4v) is 3.11. The summed E-state index contributed by atoms with van der Waals surface area (Å²) in [6.07, 6.45) is 6.09. The lowest BCUT2D eigenvalue weighted by molar-refractivity contribution is 0.422. The molecule has 0 atom stereocenters. The number of hydrogen-bond donors (Lipinski definition) is 1. The number of imidazole rings is 1. The van der Waals surface area contributed by atoms with Crippen molar-refractivity contribution in [2.75, 3.05) is 5.73 Å². The number of anilines is 1. The van der Waals surface area contributed by atoms with Crippen LogP contribution in [0.15, 0.2) is 24.3 Å². The van der Waals surface area contributed by atoms with E-state index in [4.69, 9.17) is 5.73 Å². The van der Waals surface area contributed by atoms with Gasteiger partial charge in [-0.2, -0.15) is 0 Å². The lowest BCUT2D eigenvalue weighted by atomic mass is 9.89. The standard InChI is InChI=1S/C16H20FN3/c1-20-15(18)14(12-9-5-6-10-13(12)17)19-16(20)11-7-3-2-4-8-11/h5-6,9-11H,2-4,7-8,18H2,1H3.